The molecule has 0 aliphatic carbocycles. The van der Waals surface area contributed by atoms with E-state index >= 15 is 0 Å². The van der Waals surface area contributed by atoms with Gasteiger partial charge in [0.25, 0.3) is 0 Å². The number of rotatable bonds is 9. The molecule has 3 saturated heterocycles. The largest absolute Gasteiger partial charge is 0.508 e. The van der Waals surface area contributed by atoms with E-state index in [0.29, 0.717) is 19.4 Å². The van der Waals surface area contributed by atoms with Crippen molar-refractivity contribution >= 4 is 18.0 Å². The highest BCUT2D eigenvalue weighted by Gasteiger charge is 2.52. The molecule has 3 aliphatic heterocycles. The lowest BCUT2D eigenvalue weighted by molar-refractivity contribution is -0.174. The molecule has 3 heterocycles. The molecule has 37 heavy (non-hydrogen) atoms. The van der Waals surface area contributed by atoms with E-state index in [9.17, 15) is 14.4 Å². The number of hydrogen-bond donors (Lipinski definition) is 2. The summed E-state index contributed by atoms with van der Waals surface area (Å²) >= 11 is 0. The second kappa shape index (κ2) is 12.7. The Morgan fingerprint density at radius 3 is 2.54 bits per heavy atom. The maximum absolute atomic E-state index is 12.3. The molecule has 0 saturated carbocycles. The lowest BCUT2D eigenvalue weighted by Crippen LogP contribution is -2.50. The first-order valence-electron chi connectivity index (χ1n) is 12.8. The first-order chi connectivity index (χ1) is 17.4. The van der Waals surface area contributed by atoms with Crippen LogP contribution in [0.15, 0.2) is 36.0 Å². The lowest BCUT2D eigenvalue weighted by Gasteiger charge is -2.39. The zero-order chi connectivity index (χ0) is 27.2. The maximum Gasteiger partial charge on any atom is 0.508 e. The highest BCUT2D eigenvalue weighted by Crippen LogP contribution is 2.42. The number of amides is 1. The predicted octanol–water partition coefficient (Wildman–Crippen LogP) is 3.65. The molecular weight excluding hydrogens is 482 g/mol. The van der Waals surface area contributed by atoms with E-state index in [-0.39, 0.29) is 41.8 Å². The molecule has 0 radical (unpaired) electrons. The van der Waals surface area contributed by atoms with Crippen LogP contribution in [0.2, 0.25) is 0 Å². The summed E-state index contributed by atoms with van der Waals surface area (Å²) in [5.74, 6) is -0.403. The molecule has 8 atom stereocenters. The smallest absolute Gasteiger partial charge is 0.459 e. The van der Waals surface area contributed by atoms with Crippen LogP contribution in [-0.4, -0.2) is 72.1 Å². The van der Waals surface area contributed by atoms with Gasteiger partial charge in [0.05, 0.1) is 31.0 Å². The number of allylic oxidation sites excluding steroid dienone is 2. The van der Waals surface area contributed by atoms with Crippen molar-refractivity contribution in [3.05, 3.63) is 36.0 Å². The van der Waals surface area contributed by atoms with Crippen molar-refractivity contribution in [1.82, 2.24) is 5.32 Å². The fourth-order valence-electron chi connectivity index (χ4n) is 4.77. The Morgan fingerprint density at radius 1 is 1.16 bits per heavy atom. The van der Waals surface area contributed by atoms with Crippen molar-refractivity contribution in [2.75, 3.05) is 6.61 Å². The molecule has 3 aliphatic rings. The summed E-state index contributed by atoms with van der Waals surface area (Å²) in [4.78, 5) is 34.2. The second-order valence-electron chi connectivity index (χ2n) is 10.3. The van der Waals surface area contributed by atoms with Crippen LogP contribution in [0.25, 0.3) is 0 Å². The van der Waals surface area contributed by atoms with Gasteiger partial charge in [-0.2, -0.15) is 0 Å². The van der Waals surface area contributed by atoms with Crippen molar-refractivity contribution in [1.29, 1.82) is 0 Å². The zero-order valence-corrected chi connectivity index (χ0v) is 22.2. The summed E-state index contributed by atoms with van der Waals surface area (Å²) in [6.45, 7) is 9.68. The van der Waals surface area contributed by atoms with E-state index in [4.69, 9.17) is 28.8 Å². The van der Waals surface area contributed by atoms with Gasteiger partial charge in [-0.3, -0.25) is 9.59 Å². The molecule has 1 spiro atoms. The van der Waals surface area contributed by atoms with Gasteiger partial charge in [0.2, 0.25) is 12.2 Å². The van der Waals surface area contributed by atoms with E-state index < -0.39 is 24.5 Å². The Kier molecular flexibility index (Phi) is 9.92. The summed E-state index contributed by atoms with van der Waals surface area (Å²) in [6.07, 6.45) is 8.46. The zero-order valence-electron chi connectivity index (χ0n) is 22.2. The number of epoxide rings is 1. The fourth-order valence-corrected chi connectivity index (χ4v) is 4.77. The maximum atomic E-state index is 12.3. The first kappa shape index (κ1) is 28.9. The number of hydrogen-bond acceptors (Lipinski definition) is 8. The topological polar surface area (TPSA) is 133 Å². The van der Waals surface area contributed by atoms with E-state index in [2.05, 4.69) is 18.3 Å². The van der Waals surface area contributed by atoms with Gasteiger partial charge in [0.15, 0.2) is 0 Å². The molecule has 0 aromatic rings. The number of carbonyl (C=O) groups is 3. The van der Waals surface area contributed by atoms with Crippen LogP contribution in [0, 0.1) is 5.92 Å². The molecule has 0 aromatic heterocycles. The summed E-state index contributed by atoms with van der Waals surface area (Å²) in [7, 11) is 0. The minimum atomic E-state index is -1.36. The quantitative estimate of drug-likeness (QED) is 0.202. The van der Waals surface area contributed by atoms with Crippen molar-refractivity contribution in [2.45, 2.75) is 103 Å². The van der Waals surface area contributed by atoms with Crippen molar-refractivity contribution in [2.24, 2.45) is 5.92 Å². The average molecular weight is 522 g/mol. The number of nitrogens with one attached hydrogen (secondary N) is 1. The third kappa shape index (κ3) is 9.28. The monoisotopic (exact) mass is 521 g/mol. The Hall–Kier alpha value is -2.69. The number of esters is 1. The SMILES string of the molecule is CC(=O)O[C@@H](C)/C=C\C(=O)N[C@@H]1C[C@H](C)[C@H](C/C=C(C)/C=C/[C@@H]2C[C@]3(CO3)C[C@@H](OC(=O)O)O2)O[C@@H]1C. The Labute approximate surface area is 218 Å². The summed E-state index contributed by atoms with van der Waals surface area (Å²) in [5.41, 5.74) is 0.705. The number of carboxylic acid groups (broad SMARTS) is 1. The fraction of sp³-hybridized carbons (Fsp3) is 0.667. The van der Waals surface area contributed by atoms with E-state index in [1.54, 1.807) is 13.0 Å². The predicted molar refractivity (Wildman–Crippen MR) is 134 cm³/mol. The average Bonchev–Trinajstić information content (AvgIpc) is 3.54. The highest BCUT2D eigenvalue weighted by atomic mass is 16.8. The van der Waals surface area contributed by atoms with Crippen molar-refractivity contribution < 1.29 is 43.2 Å². The van der Waals surface area contributed by atoms with E-state index in [1.807, 2.05) is 26.0 Å². The Balaban J connectivity index is 1.46. The van der Waals surface area contributed by atoms with Gasteiger partial charge in [-0.1, -0.05) is 30.7 Å². The van der Waals surface area contributed by atoms with Crippen molar-refractivity contribution in [3.63, 3.8) is 0 Å². The van der Waals surface area contributed by atoms with E-state index in [0.717, 1.165) is 18.4 Å². The molecule has 10 heteroatoms. The third-order valence-corrected chi connectivity index (χ3v) is 6.88. The minimum absolute atomic E-state index is 0.0217. The van der Waals surface area contributed by atoms with Crippen molar-refractivity contribution in [3.8, 4) is 0 Å². The van der Waals surface area contributed by atoms with Gasteiger partial charge in [-0.15, -0.1) is 0 Å². The van der Waals surface area contributed by atoms with Gasteiger partial charge in [0.1, 0.15) is 11.7 Å². The molecule has 3 rings (SSSR count). The molecule has 206 valence electrons. The molecule has 3 fully saturated rings. The van der Waals surface area contributed by atoms with Crippen LogP contribution in [-0.2, 0) is 33.3 Å². The lowest BCUT2D eigenvalue weighted by atomic mass is 9.88. The molecule has 0 unspecified atom stereocenters. The minimum Gasteiger partial charge on any atom is -0.459 e. The first-order valence-corrected chi connectivity index (χ1v) is 12.8. The van der Waals surface area contributed by atoms with E-state index in [1.165, 1.54) is 13.0 Å². The van der Waals surface area contributed by atoms with Crippen LogP contribution in [0.1, 0.15) is 60.3 Å². The van der Waals surface area contributed by atoms with Crippen LogP contribution >= 0.6 is 0 Å². The van der Waals surface area contributed by atoms with Gasteiger partial charge >= 0.3 is 12.1 Å². The van der Waals surface area contributed by atoms with Gasteiger partial charge in [-0.25, -0.2) is 4.79 Å². The molecule has 0 aromatic carbocycles. The molecule has 0 bridgehead atoms. The summed E-state index contributed by atoms with van der Waals surface area (Å²) in [6, 6.07) is -0.112. The van der Waals surface area contributed by atoms with Crippen LogP contribution in [0.4, 0.5) is 4.79 Å². The normalized spacial score (nSPS) is 34.9. The molecular formula is C27H39NO9. The number of carbonyl (C=O) groups excluding carboxylic acids is 2. The number of ether oxygens (including phenoxy) is 5. The van der Waals surface area contributed by atoms with Gasteiger partial charge in [0, 0.05) is 25.8 Å². The van der Waals surface area contributed by atoms with Crippen LogP contribution < -0.4 is 5.32 Å². The Bertz CT molecular complexity index is 923. The van der Waals surface area contributed by atoms with Gasteiger partial charge in [-0.05, 0) is 45.6 Å². The molecule has 10 nitrogen and oxygen atoms in total. The molecule has 2 N–H and O–H groups in total. The Morgan fingerprint density at radius 2 is 1.89 bits per heavy atom. The second-order valence-corrected chi connectivity index (χ2v) is 10.3. The summed E-state index contributed by atoms with van der Waals surface area (Å²) < 4.78 is 27.3. The standard InChI is InChI=1S/C27H39NO9/c1-16(6-9-21-13-27(15-33-27)14-25(36-21)37-26(31)32)7-10-23-17(2)12-22(19(4)35-23)28-24(30)11-8-18(3)34-20(5)29/h6-9,11,17-19,21-23,25H,10,12-15H2,1-5H3,(H,28,30)(H,31,32)/b9-6+,11-8-,16-7+/t17-,18-,19+,21+,22+,23-,25+,27+/m0/s1. The third-order valence-electron chi connectivity index (χ3n) is 6.88. The summed E-state index contributed by atoms with van der Waals surface area (Å²) in [5, 5.41) is 11.9. The van der Waals surface area contributed by atoms with Crippen LogP contribution in [0.5, 0.6) is 0 Å². The molecule has 1 amide bonds. The van der Waals surface area contributed by atoms with Crippen LogP contribution in [0.3, 0.4) is 0 Å². The van der Waals surface area contributed by atoms with Gasteiger partial charge < -0.3 is 34.1 Å². The highest BCUT2D eigenvalue weighted by molar-refractivity contribution is 5.87.